The summed E-state index contributed by atoms with van der Waals surface area (Å²) in [5.41, 5.74) is 0.506. The zero-order valence-electron chi connectivity index (χ0n) is 21.9. The highest BCUT2D eigenvalue weighted by atomic mass is 19.4. The maximum absolute atomic E-state index is 14.2. The molecule has 0 atom stereocenters. The summed E-state index contributed by atoms with van der Waals surface area (Å²) in [4.78, 5) is 27.0. The van der Waals surface area contributed by atoms with Crippen LogP contribution in [-0.4, -0.2) is 60.0 Å². The minimum Gasteiger partial charge on any atom is -0.372 e. The van der Waals surface area contributed by atoms with Crippen molar-refractivity contribution in [2.75, 3.05) is 49.8 Å². The van der Waals surface area contributed by atoms with Crippen LogP contribution in [-0.2, 0) is 11.0 Å². The van der Waals surface area contributed by atoms with Crippen LogP contribution in [0.4, 0.5) is 40.6 Å². The number of nitrogens with zero attached hydrogens (tertiary/aromatic N) is 4. The average Bonchev–Trinajstić information content (AvgIpc) is 3.32. The molecule has 0 bridgehead atoms. The van der Waals surface area contributed by atoms with Gasteiger partial charge in [0.25, 0.3) is 0 Å². The first-order valence-corrected chi connectivity index (χ1v) is 12.2. The summed E-state index contributed by atoms with van der Waals surface area (Å²) in [7, 11) is 5.83. The van der Waals surface area contributed by atoms with Crippen LogP contribution >= 0.6 is 0 Å². The first-order chi connectivity index (χ1) is 18.5. The van der Waals surface area contributed by atoms with Gasteiger partial charge in [-0.2, -0.15) is 13.2 Å². The van der Waals surface area contributed by atoms with Crippen LogP contribution < -0.4 is 15.5 Å². The molecule has 4 aromatic rings. The number of likely N-dealkylation sites (N-methyl/N-ethyl adjacent to an activating group) is 2. The van der Waals surface area contributed by atoms with E-state index in [4.69, 9.17) is 0 Å². The molecule has 39 heavy (non-hydrogen) atoms. The number of carbonyl (C=O) groups excluding carboxylic acids is 1. The normalized spacial score (nSPS) is 11.7. The minimum atomic E-state index is -4.73. The fourth-order valence-corrected chi connectivity index (χ4v) is 4.05. The Morgan fingerprint density at radius 3 is 2.56 bits per heavy atom. The van der Waals surface area contributed by atoms with Gasteiger partial charge in [0.1, 0.15) is 11.4 Å². The van der Waals surface area contributed by atoms with Crippen LogP contribution in [0.25, 0.3) is 22.2 Å². The quantitative estimate of drug-likeness (QED) is 0.229. The maximum Gasteiger partial charge on any atom is 0.419 e. The molecule has 2 heterocycles. The number of halogens is 4. The fourth-order valence-electron chi connectivity index (χ4n) is 4.05. The van der Waals surface area contributed by atoms with E-state index in [1.165, 1.54) is 24.4 Å². The molecule has 12 heteroatoms. The van der Waals surface area contributed by atoms with Crippen molar-refractivity contribution in [3.05, 3.63) is 60.2 Å². The Balaban J connectivity index is 1.73. The Kier molecular flexibility index (Phi) is 8.05. The topological polar surface area (TPSA) is 89.2 Å². The smallest absolute Gasteiger partial charge is 0.372 e. The zero-order valence-corrected chi connectivity index (χ0v) is 21.9. The first-order valence-electron chi connectivity index (χ1n) is 12.2. The summed E-state index contributed by atoms with van der Waals surface area (Å²) in [5, 5.41) is 6.08. The van der Waals surface area contributed by atoms with Gasteiger partial charge in [0.05, 0.1) is 22.6 Å². The number of aromatic nitrogens is 3. The number of benzene rings is 2. The van der Waals surface area contributed by atoms with E-state index in [2.05, 4.69) is 25.6 Å². The third-order valence-corrected chi connectivity index (χ3v) is 6.16. The number of nitrogens with one attached hydrogen (secondary N) is 3. The molecule has 1 amide bonds. The van der Waals surface area contributed by atoms with Crippen molar-refractivity contribution in [1.82, 2.24) is 19.9 Å². The molecule has 4 rings (SSSR count). The second-order valence-electron chi connectivity index (χ2n) is 9.30. The van der Waals surface area contributed by atoms with Crippen LogP contribution in [0.1, 0.15) is 18.9 Å². The zero-order chi connectivity index (χ0) is 28.3. The number of anilines is 4. The Hall–Kier alpha value is -4.19. The summed E-state index contributed by atoms with van der Waals surface area (Å²) in [5.74, 6) is -0.865. The first kappa shape index (κ1) is 27.8. The molecule has 0 saturated heterocycles. The number of carbonyl (C=O) groups is 1. The number of H-pyrrole nitrogens is 1. The van der Waals surface area contributed by atoms with E-state index in [9.17, 15) is 22.4 Å². The van der Waals surface area contributed by atoms with E-state index in [1.807, 2.05) is 30.9 Å². The van der Waals surface area contributed by atoms with Gasteiger partial charge in [-0.3, -0.25) is 4.79 Å². The summed E-state index contributed by atoms with van der Waals surface area (Å²) in [6.45, 7) is 3.23. The number of hydrogen-bond acceptors (Lipinski definition) is 6. The van der Waals surface area contributed by atoms with Crippen LogP contribution in [0.3, 0.4) is 0 Å². The summed E-state index contributed by atoms with van der Waals surface area (Å²) in [6, 6.07) is 9.37. The molecular formula is C27H29F4N7O. The molecular weight excluding hydrogens is 514 g/mol. The predicted octanol–water partition coefficient (Wildman–Crippen LogP) is 5.87. The van der Waals surface area contributed by atoms with Gasteiger partial charge in [-0.05, 0) is 38.4 Å². The molecule has 0 unspecified atom stereocenters. The standard InChI is InChI=1S/C27H29F4N7O/c1-5-23(39)35-21-13-16(9-10-22(21)38(4)12-11-37(2)3)34-26-33-15-19(27(29,30)31)24(36-26)18-14-32-25-17(18)7-6-8-20(25)28/h6-10,13-15,32H,5,11-12H2,1-4H3,(H,35,39)(H,33,34,36). The number of para-hydroxylation sites is 1. The van der Waals surface area contributed by atoms with Crippen LogP contribution in [0.5, 0.6) is 0 Å². The van der Waals surface area contributed by atoms with Crippen molar-refractivity contribution in [3.8, 4) is 11.3 Å². The lowest BCUT2D eigenvalue weighted by atomic mass is 10.1. The van der Waals surface area contributed by atoms with Gasteiger partial charge in [-0.15, -0.1) is 0 Å². The third-order valence-electron chi connectivity index (χ3n) is 6.16. The van der Waals surface area contributed by atoms with Gasteiger partial charge < -0.3 is 25.4 Å². The maximum atomic E-state index is 14.2. The number of fused-ring (bicyclic) bond motifs is 1. The molecule has 3 N–H and O–H groups in total. The van der Waals surface area contributed by atoms with E-state index in [0.717, 1.165) is 12.2 Å². The molecule has 2 aromatic carbocycles. The average molecular weight is 544 g/mol. The van der Waals surface area contributed by atoms with Gasteiger partial charge in [0.15, 0.2) is 0 Å². The lowest BCUT2D eigenvalue weighted by Crippen LogP contribution is -2.29. The largest absolute Gasteiger partial charge is 0.419 e. The van der Waals surface area contributed by atoms with Gasteiger partial charge >= 0.3 is 6.18 Å². The van der Waals surface area contributed by atoms with Crippen LogP contribution in [0, 0.1) is 5.82 Å². The van der Waals surface area contributed by atoms with Crippen molar-refractivity contribution in [3.63, 3.8) is 0 Å². The van der Waals surface area contributed by atoms with Crippen LogP contribution in [0.2, 0.25) is 0 Å². The number of alkyl halides is 3. The summed E-state index contributed by atoms with van der Waals surface area (Å²) >= 11 is 0. The highest BCUT2D eigenvalue weighted by Gasteiger charge is 2.36. The third kappa shape index (κ3) is 6.28. The van der Waals surface area contributed by atoms with E-state index >= 15 is 0 Å². The van der Waals surface area contributed by atoms with Crippen LogP contribution in [0.15, 0.2) is 48.8 Å². The molecule has 0 spiro atoms. The van der Waals surface area contributed by atoms with Crippen molar-refractivity contribution in [2.45, 2.75) is 19.5 Å². The fraction of sp³-hybridized carbons (Fsp3) is 0.296. The second kappa shape index (κ2) is 11.3. The second-order valence-corrected chi connectivity index (χ2v) is 9.30. The highest BCUT2D eigenvalue weighted by Crippen LogP contribution is 2.39. The Labute approximate surface area is 223 Å². The SMILES string of the molecule is CCC(=O)Nc1cc(Nc2ncc(C(F)(F)F)c(-c3c[nH]c4c(F)cccc34)n2)ccc1N(C)CCN(C)C. The molecule has 2 aromatic heterocycles. The van der Waals surface area contributed by atoms with Gasteiger partial charge in [-0.25, -0.2) is 14.4 Å². The van der Waals surface area contributed by atoms with E-state index < -0.39 is 23.3 Å². The molecule has 0 radical (unpaired) electrons. The molecule has 0 aliphatic heterocycles. The lowest BCUT2D eigenvalue weighted by Gasteiger charge is -2.25. The van der Waals surface area contributed by atoms with Crippen molar-refractivity contribution in [1.29, 1.82) is 0 Å². The molecule has 0 fully saturated rings. The monoisotopic (exact) mass is 543 g/mol. The predicted molar refractivity (Wildman–Crippen MR) is 145 cm³/mol. The van der Waals surface area contributed by atoms with Gasteiger partial charge in [0, 0.05) is 55.6 Å². The number of amides is 1. The van der Waals surface area contributed by atoms with Crippen molar-refractivity contribution < 1.29 is 22.4 Å². The van der Waals surface area contributed by atoms with Crippen molar-refractivity contribution >= 4 is 39.8 Å². The lowest BCUT2D eigenvalue weighted by molar-refractivity contribution is -0.137. The molecule has 8 nitrogen and oxygen atoms in total. The van der Waals surface area contributed by atoms with E-state index in [0.29, 0.717) is 24.1 Å². The minimum absolute atomic E-state index is 0.0824. The van der Waals surface area contributed by atoms with E-state index in [1.54, 1.807) is 25.1 Å². The molecule has 0 aliphatic carbocycles. The van der Waals surface area contributed by atoms with Crippen molar-refractivity contribution in [2.24, 2.45) is 0 Å². The summed E-state index contributed by atoms with van der Waals surface area (Å²) in [6.07, 6.45) is -2.46. The number of rotatable bonds is 9. The number of hydrogen-bond donors (Lipinski definition) is 3. The van der Waals surface area contributed by atoms with Gasteiger partial charge in [0.2, 0.25) is 11.9 Å². The Bertz CT molecular complexity index is 1480. The highest BCUT2D eigenvalue weighted by molar-refractivity contribution is 5.96. The molecule has 206 valence electrons. The number of aromatic amines is 1. The molecule has 0 saturated carbocycles. The molecule has 0 aliphatic rings. The van der Waals surface area contributed by atoms with E-state index in [-0.39, 0.29) is 34.7 Å². The van der Waals surface area contributed by atoms with Gasteiger partial charge in [-0.1, -0.05) is 19.1 Å². The Morgan fingerprint density at radius 2 is 1.87 bits per heavy atom. The summed E-state index contributed by atoms with van der Waals surface area (Å²) < 4.78 is 55.9. The Morgan fingerprint density at radius 1 is 1.10 bits per heavy atom.